The minimum Gasteiger partial charge on any atom is -0.473 e. The van der Waals surface area contributed by atoms with Crippen molar-refractivity contribution in [3.05, 3.63) is 57.8 Å². The molecule has 2 rings (SSSR count). The minimum absolute atomic E-state index is 0.0726. The first-order chi connectivity index (χ1) is 16.6. The van der Waals surface area contributed by atoms with Crippen molar-refractivity contribution in [1.82, 2.24) is 5.32 Å². The monoisotopic (exact) mass is 501 g/mol. The van der Waals surface area contributed by atoms with E-state index in [4.69, 9.17) is 24.5 Å². The summed E-state index contributed by atoms with van der Waals surface area (Å²) in [6.45, 7) is 5.29. The summed E-state index contributed by atoms with van der Waals surface area (Å²) in [7, 11) is 0. The van der Waals surface area contributed by atoms with Crippen LogP contribution in [0.1, 0.15) is 61.4 Å². The molecule has 0 fully saturated rings. The van der Waals surface area contributed by atoms with Crippen LogP contribution in [-0.2, 0) is 30.3 Å². The normalized spacial score (nSPS) is 11.5. The molecule has 0 spiro atoms. The van der Waals surface area contributed by atoms with Gasteiger partial charge in [0.05, 0.1) is 17.5 Å². The van der Waals surface area contributed by atoms with Gasteiger partial charge in [-0.05, 0) is 42.9 Å². The molecule has 0 saturated heterocycles. The van der Waals surface area contributed by atoms with Gasteiger partial charge in [-0.2, -0.15) is 0 Å². The molecule has 35 heavy (non-hydrogen) atoms. The van der Waals surface area contributed by atoms with Crippen LogP contribution in [0.25, 0.3) is 0 Å². The fraction of sp³-hybridized carbons (Fsp3) is 0.385. The standard InChI is InChI=1S/C24H29NO3S.C2H2O4/c1-18(17-28-20(3)27)16-23(25-19(2)26)24-15-14-22(29-24)13-9-5-8-12-21-10-6-4-7-11-21;3-1(4)2(5)6/h4,6-7,10-11,14-15,18,23H,5,8,12,16-17H2,1-3H3,(H,25,26);(H,3,4)(H,5,6)/t18-,23?;/m1./s1. The van der Waals surface area contributed by atoms with Gasteiger partial charge < -0.3 is 20.3 Å². The lowest BCUT2D eigenvalue weighted by atomic mass is 10.0. The fourth-order valence-corrected chi connectivity index (χ4v) is 3.95. The maximum atomic E-state index is 11.6. The summed E-state index contributed by atoms with van der Waals surface area (Å²) in [6, 6.07) is 14.4. The van der Waals surface area contributed by atoms with E-state index in [1.54, 1.807) is 11.3 Å². The van der Waals surface area contributed by atoms with Gasteiger partial charge in [-0.15, -0.1) is 11.3 Å². The second-order valence-corrected chi connectivity index (χ2v) is 8.97. The molecule has 9 heteroatoms. The topological polar surface area (TPSA) is 130 Å². The van der Waals surface area contributed by atoms with Crippen LogP contribution in [0.2, 0.25) is 0 Å². The quantitative estimate of drug-likeness (QED) is 0.205. The molecule has 1 aromatic carbocycles. The Balaban J connectivity index is 0.000000905. The lowest BCUT2D eigenvalue weighted by Crippen LogP contribution is -2.27. The summed E-state index contributed by atoms with van der Waals surface area (Å²) in [5.41, 5.74) is 1.34. The van der Waals surface area contributed by atoms with E-state index >= 15 is 0 Å². The Bertz CT molecular complexity index is 1020. The molecule has 188 valence electrons. The Morgan fingerprint density at radius 1 is 1.03 bits per heavy atom. The molecule has 8 nitrogen and oxygen atoms in total. The fourth-order valence-electron chi connectivity index (χ4n) is 3.00. The van der Waals surface area contributed by atoms with Crippen LogP contribution in [0.5, 0.6) is 0 Å². The number of benzene rings is 1. The zero-order valence-corrected chi connectivity index (χ0v) is 20.9. The summed E-state index contributed by atoms with van der Waals surface area (Å²) in [5, 5.41) is 17.8. The van der Waals surface area contributed by atoms with Gasteiger partial charge in [-0.25, -0.2) is 9.59 Å². The number of hydrogen-bond acceptors (Lipinski definition) is 6. The van der Waals surface area contributed by atoms with Crippen molar-refractivity contribution >= 4 is 35.2 Å². The van der Waals surface area contributed by atoms with E-state index in [-0.39, 0.29) is 23.8 Å². The second kappa shape index (κ2) is 16.1. The van der Waals surface area contributed by atoms with Crippen molar-refractivity contribution in [2.75, 3.05) is 6.61 Å². The van der Waals surface area contributed by atoms with Gasteiger partial charge in [-0.3, -0.25) is 9.59 Å². The third kappa shape index (κ3) is 13.6. The maximum absolute atomic E-state index is 11.6. The van der Waals surface area contributed by atoms with Gasteiger partial charge in [0.2, 0.25) is 5.91 Å². The van der Waals surface area contributed by atoms with Crippen LogP contribution < -0.4 is 5.32 Å². The molecule has 3 N–H and O–H groups in total. The van der Waals surface area contributed by atoms with Gasteiger partial charge in [0.25, 0.3) is 0 Å². The van der Waals surface area contributed by atoms with Crippen LogP contribution in [0.4, 0.5) is 0 Å². The largest absolute Gasteiger partial charge is 0.473 e. The molecule has 1 unspecified atom stereocenters. The number of hydrogen-bond donors (Lipinski definition) is 3. The Hall–Kier alpha value is -3.64. The van der Waals surface area contributed by atoms with Crippen LogP contribution in [0, 0.1) is 17.8 Å². The first-order valence-electron chi connectivity index (χ1n) is 11.1. The van der Waals surface area contributed by atoms with E-state index in [1.165, 1.54) is 19.4 Å². The molecule has 0 bridgehead atoms. The van der Waals surface area contributed by atoms with E-state index in [2.05, 4.69) is 41.4 Å². The highest BCUT2D eigenvalue weighted by atomic mass is 32.1. The number of ether oxygens (including phenoxy) is 1. The number of aliphatic carboxylic acids is 2. The lowest BCUT2D eigenvalue weighted by molar-refractivity contribution is -0.159. The van der Waals surface area contributed by atoms with Crippen LogP contribution >= 0.6 is 11.3 Å². The number of carbonyl (C=O) groups excluding carboxylic acids is 2. The van der Waals surface area contributed by atoms with Gasteiger partial charge in [0.15, 0.2) is 0 Å². The summed E-state index contributed by atoms with van der Waals surface area (Å²) >= 11 is 1.61. The second-order valence-electron chi connectivity index (χ2n) is 7.85. The summed E-state index contributed by atoms with van der Waals surface area (Å²) in [6.07, 6.45) is 3.64. The Labute approximate surface area is 209 Å². The lowest BCUT2D eigenvalue weighted by Gasteiger charge is -2.20. The van der Waals surface area contributed by atoms with Crippen molar-refractivity contribution in [2.45, 2.75) is 52.5 Å². The molecule has 2 atom stereocenters. The minimum atomic E-state index is -1.82. The summed E-state index contributed by atoms with van der Waals surface area (Å²) in [4.78, 5) is 42.9. The van der Waals surface area contributed by atoms with Gasteiger partial charge >= 0.3 is 17.9 Å². The molecular weight excluding hydrogens is 470 g/mol. The van der Waals surface area contributed by atoms with Crippen molar-refractivity contribution in [2.24, 2.45) is 5.92 Å². The van der Waals surface area contributed by atoms with Crippen LogP contribution in [0.3, 0.4) is 0 Å². The number of rotatable bonds is 9. The number of amides is 1. The number of aryl methyl sites for hydroxylation is 1. The molecular formula is C26H31NO7S. The average molecular weight is 502 g/mol. The third-order valence-corrected chi connectivity index (χ3v) is 5.68. The Kier molecular flexibility index (Phi) is 13.5. The van der Waals surface area contributed by atoms with Crippen LogP contribution in [0.15, 0.2) is 42.5 Å². The summed E-state index contributed by atoms with van der Waals surface area (Å²) < 4.78 is 5.09. The van der Waals surface area contributed by atoms with E-state index < -0.39 is 11.9 Å². The zero-order chi connectivity index (χ0) is 26.2. The van der Waals surface area contributed by atoms with E-state index in [0.29, 0.717) is 13.0 Å². The molecule has 1 aromatic heterocycles. The highest BCUT2D eigenvalue weighted by Gasteiger charge is 2.19. The van der Waals surface area contributed by atoms with Crippen molar-refractivity contribution in [3.8, 4) is 11.8 Å². The average Bonchev–Trinajstić information content (AvgIpc) is 3.27. The third-order valence-electron chi connectivity index (χ3n) is 4.56. The van der Waals surface area contributed by atoms with Crippen molar-refractivity contribution < 1.29 is 34.1 Å². The number of unbranched alkanes of at least 4 members (excludes halogenated alkanes) is 1. The SMILES string of the molecule is CC(=O)NC(C[C@@H](C)COC(C)=O)c1ccc(C#CCCCc2ccccc2)s1.O=C(O)C(=O)O. The molecule has 1 heterocycles. The Morgan fingerprint density at radius 2 is 1.69 bits per heavy atom. The van der Waals surface area contributed by atoms with Gasteiger partial charge in [-0.1, -0.05) is 49.1 Å². The number of carboxylic acids is 2. The van der Waals surface area contributed by atoms with Gasteiger partial charge in [0, 0.05) is 25.1 Å². The first kappa shape index (κ1) is 29.4. The Morgan fingerprint density at radius 3 is 2.26 bits per heavy atom. The summed E-state index contributed by atoms with van der Waals surface area (Å²) in [5.74, 6) is 2.63. The molecule has 0 aliphatic carbocycles. The number of nitrogens with one attached hydrogen (secondary N) is 1. The maximum Gasteiger partial charge on any atom is 0.414 e. The predicted molar refractivity (Wildman–Crippen MR) is 133 cm³/mol. The highest BCUT2D eigenvalue weighted by molar-refractivity contribution is 7.12. The van der Waals surface area contributed by atoms with E-state index in [9.17, 15) is 9.59 Å². The number of thiophene rings is 1. The van der Waals surface area contributed by atoms with Crippen molar-refractivity contribution in [3.63, 3.8) is 0 Å². The number of esters is 1. The van der Waals surface area contributed by atoms with E-state index in [0.717, 1.165) is 29.0 Å². The van der Waals surface area contributed by atoms with E-state index in [1.807, 2.05) is 25.1 Å². The smallest absolute Gasteiger partial charge is 0.414 e. The highest BCUT2D eigenvalue weighted by Crippen LogP contribution is 2.28. The molecule has 1 amide bonds. The first-order valence-corrected chi connectivity index (χ1v) is 11.9. The van der Waals surface area contributed by atoms with Crippen molar-refractivity contribution in [1.29, 1.82) is 0 Å². The van der Waals surface area contributed by atoms with Gasteiger partial charge in [0.1, 0.15) is 0 Å². The molecule has 2 aromatic rings. The molecule has 0 aliphatic heterocycles. The number of carboxylic acid groups (broad SMARTS) is 2. The molecule has 0 saturated carbocycles. The molecule has 0 radical (unpaired) electrons. The van der Waals surface area contributed by atoms with Crippen LogP contribution in [-0.4, -0.2) is 40.6 Å². The molecule has 0 aliphatic rings. The zero-order valence-electron chi connectivity index (χ0n) is 20.1. The number of carbonyl (C=O) groups is 4. The predicted octanol–water partition coefficient (Wildman–Crippen LogP) is 4.04.